The molecule has 7 nitrogen and oxygen atoms in total. The maximum Gasteiger partial charge on any atom is 0.325 e. The fourth-order valence-electron chi connectivity index (χ4n) is 3.39. The lowest BCUT2D eigenvalue weighted by molar-refractivity contribution is -0.131. The Morgan fingerprint density at radius 3 is 2.58 bits per heavy atom. The third-order valence-corrected chi connectivity index (χ3v) is 4.66. The molecule has 1 saturated heterocycles. The number of hydrogen-bond donors (Lipinski definition) is 1. The molecule has 2 fully saturated rings. The maximum atomic E-state index is 13.0. The summed E-state index contributed by atoms with van der Waals surface area (Å²) in [5.41, 5.74) is 0.432. The molecule has 3 amide bonds. The maximum absolute atomic E-state index is 13.0. The summed E-state index contributed by atoms with van der Waals surface area (Å²) in [5, 5.41) is 10.8. The van der Waals surface area contributed by atoms with E-state index in [0.717, 1.165) is 12.8 Å². The van der Waals surface area contributed by atoms with Crippen LogP contribution in [0.4, 0.5) is 9.18 Å². The Hall–Kier alpha value is -2.77. The quantitative estimate of drug-likeness (QED) is 0.870. The van der Waals surface area contributed by atoms with E-state index in [4.69, 9.17) is 0 Å². The number of aromatic nitrogens is 3. The number of urea groups is 1. The van der Waals surface area contributed by atoms with Gasteiger partial charge in [-0.05, 0) is 37.1 Å². The van der Waals surface area contributed by atoms with Gasteiger partial charge in [-0.2, -0.15) is 0 Å². The second kappa shape index (κ2) is 5.40. The molecule has 1 spiro atoms. The number of nitrogens with one attached hydrogen (secondary N) is 1. The van der Waals surface area contributed by atoms with Crippen LogP contribution in [0.5, 0.6) is 0 Å². The Labute approximate surface area is 137 Å². The molecular formula is C16H16FN5O2. The molecule has 1 N–H and O–H groups in total. The Morgan fingerprint density at radius 1 is 1.17 bits per heavy atom. The van der Waals surface area contributed by atoms with Crippen LogP contribution in [-0.4, -0.2) is 37.4 Å². The zero-order valence-electron chi connectivity index (χ0n) is 12.9. The topological polar surface area (TPSA) is 80.1 Å². The van der Waals surface area contributed by atoms with Gasteiger partial charge in [-0.3, -0.25) is 9.69 Å². The number of nitrogens with zero attached hydrogens (tertiary/aromatic N) is 4. The lowest BCUT2D eigenvalue weighted by atomic mass is 9.98. The smallest absolute Gasteiger partial charge is 0.323 e. The van der Waals surface area contributed by atoms with Gasteiger partial charge in [-0.15, -0.1) is 5.10 Å². The summed E-state index contributed by atoms with van der Waals surface area (Å²) < 4.78 is 14.5. The molecule has 0 bridgehead atoms. The Kier molecular flexibility index (Phi) is 3.33. The number of hydrogen-bond acceptors (Lipinski definition) is 4. The molecule has 1 aromatic heterocycles. The van der Waals surface area contributed by atoms with Crippen LogP contribution in [0.25, 0.3) is 5.69 Å². The van der Waals surface area contributed by atoms with E-state index < -0.39 is 5.54 Å². The molecule has 4 rings (SSSR count). The summed E-state index contributed by atoms with van der Waals surface area (Å²) in [6, 6.07) is 5.44. The largest absolute Gasteiger partial charge is 0.325 e. The van der Waals surface area contributed by atoms with E-state index in [0.29, 0.717) is 24.2 Å². The summed E-state index contributed by atoms with van der Waals surface area (Å²) in [5.74, 6) is -0.512. The first kappa shape index (κ1) is 14.8. The zero-order chi connectivity index (χ0) is 16.7. The van der Waals surface area contributed by atoms with Crippen molar-refractivity contribution >= 4 is 11.9 Å². The number of benzene rings is 1. The van der Waals surface area contributed by atoms with E-state index in [1.165, 1.54) is 21.7 Å². The third-order valence-electron chi connectivity index (χ3n) is 4.66. The fraction of sp³-hybridized carbons (Fsp3) is 0.375. The van der Waals surface area contributed by atoms with E-state index in [1.54, 1.807) is 18.3 Å². The van der Waals surface area contributed by atoms with Crippen molar-refractivity contribution in [3.8, 4) is 5.69 Å². The number of carbonyl (C=O) groups excluding carboxylic acids is 2. The van der Waals surface area contributed by atoms with Crippen molar-refractivity contribution in [3.63, 3.8) is 0 Å². The zero-order valence-corrected chi connectivity index (χ0v) is 12.9. The Balaban J connectivity index is 1.53. The van der Waals surface area contributed by atoms with Gasteiger partial charge in [0.05, 0.1) is 18.4 Å². The molecular weight excluding hydrogens is 313 g/mol. The number of imide groups is 1. The number of rotatable bonds is 3. The van der Waals surface area contributed by atoms with Gasteiger partial charge in [0.25, 0.3) is 5.91 Å². The fourth-order valence-corrected chi connectivity index (χ4v) is 3.39. The van der Waals surface area contributed by atoms with Crippen LogP contribution in [0.2, 0.25) is 0 Å². The summed E-state index contributed by atoms with van der Waals surface area (Å²) in [4.78, 5) is 26.0. The number of carbonyl (C=O) groups is 2. The van der Waals surface area contributed by atoms with Crippen LogP contribution in [-0.2, 0) is 11.3 Å². The minimum atomic E-state index is -0.718. The molecule has 8 heteroatoms. The summed E-state index contributed by atoms with van der Waals surface area (Å²) in [6.07, 6.45) is 4.90. The first-order chi connectivity index (χ1) is 11.6. The monoisotopic (exact) mass is 329 g/mol. The van der Waals surface area contributed by atoms with Gasteiger partial charge in [-0.1, -0.05) is 18.1 Å². The van der Waals surface area contributed by atoms with Gasteiger partial charge in [0.1, 0.15) is 17.1 Å². The summed E-state index contributed by atoms with van der Waals surface area (Å²) in [7, 11) is 0. The predicted octanol–water partition coefficient (Wildman–Crippen LogP) is 1.77. The van der Waals surface area contributed by atoms with Gasteiger partial charge in [0.2, 0.25) is 0 Å². The molecule has 2 aromatic rings. The highest BCUT2D eigenvalue weighted by Crippen LogP contribution is 2.35. The van der Waals surface area contributed by atoms with Gasteiger partial charge in [-0.25, -0.2) is 13.9 Å². The van der Waals surface area contributed by atoms with Crippen molar-refractivity contribution in [3.05, 3.63) is 42.0 Å². The van der Waals surface area contributed by atoms with Crippen molar-refractivity contribution in [2.45, 2.75) is 37.8 Å². The van der Waals surface area contributed by atoms with E-state index in [-0.39, 0.29) is 24.3 Å². The molecule has 2 heterocycles. The second-order valence-electron chi connectivity index (χ2n) is 6.24. The second-order valence-corrected chi connectivity index (χ2v) is 6.24. The van der Waals surface area contributed by atoms with Crippen LogP contribution < -0.4 is 5.32 Å². The molecule has 24 heavy (non-hydrogen) atoms. The molecule has 0 radical (unpaired) electrons. The Morgan fingerprint density at radius 2 is 1.88 bits per heavy atom. The highest BCUT2D eigenvalue weighted by Gasteiger charge is 2.52. The summed E-state index contributed by atoms with van der Waals surface area (Å²) >= 11 is 0. The van der Waals surface area contributed by atoms with E-state index in [1.807, 2.05) is 0 Å². The minimum absolute atomic E-state index is 0.0770. The first-order valence-electron chi connectivity index (χ1n) is 7.89. The van der Waals surface area contributed by atoms with Crippen molar-refractivity contribution in [1.29, 1.82) is 0 Å². The van der Waals surface area contributed by atoms with E-state index in [2.05, 4.69) is 15.6 Å². The summed E-state index contributed by atoms with van der Waals surface area (Å²) in [6.45, 7) is 0.0770. The van der Waals surface area contributed by atoms with Crippen LogP contribution in [0, 0.1) is 5.82 Å². The molecule has 1 aliphatic carbocycles. The van der Waals surface area contributed by atoms with Gasteiger partial charge in [0, 0.05) is 0 Å². The normalized spacial score (nSPS) is 19.3. The molecule has 0 unspecified atom stereocenters. The minimum Gasteiger partial charge on any atom is -0.323 e. The SMILES string of the molecule is O=C1NC2(CCCC2)C(=O)N1Cc1cn(-c2ccc(F)cc2)nn1. The molecule has 0 atom stereocenters. The lowest BCUT2D eigenvalue weighted by Gasteiger charge is -2.19. The Bertz CT molecular complexity index is 795. The van der Waals surface area contributed by atoms with E-state index >= 15 is 0 Å². The molecule has 1 saturated carbocycles. The van der Waals surface area contributed by atoms with Crippen molar-refractivity contribution in [2.75, 3.05) is 0 Å². The number of halogens is 1. The molecule has 1 aliphatic heterocycles. The van der Waals surface area contributed by atoms with E-state index in [9.17, 15) is 14.0 Å². The van der Waals surface area contributed by atoms with Crippen LogP contribution in [0.15, 0.2) is 30.5 Å². The van der Waals surface area contributed by atoms with Crippen molar-refractivity contribution in [1.82, 2.24) is 25.2 Å². The van der Waals surface area contributed by atoms with Crippen molar-refractivity contribution in [2.24, 2.45) is 0 Å². The van der Waals surface area contributed by atoms with Crippen LogP contribution in [0.3, 0.4) is 0 Å². The lowest BCUT2D eigenvalue weighted by Crippen LogP contribution is -2.44. The van der Waals surface area contributed by atoms with Crippen LogP contribution in [0.1, 0.15) is 31.4 Å². The molecule has 124 valence electrons. The highest BCUT2D eigenvalue weighted by molar-refractivity contribution is 6.07. The molecule has 1 aromatic carbocycles. The average Bonchev–Trinajstić information content (AvgIpc) is 3.27. The molecule has 2 aliphatic rings. The number of amides is 3. The van der Waals surface area contributed by atoms with Crippen LogP contribution >= 0.6 is 0 Å². The average molecular weight is 329 g/mol. The standard InChI is InChI=1S/C16H16FN5O2/c17-11-3-5-13(6-4-11)22-10-12(19-20-22)9-21-14(23)16(18-15(21)24)7-1-2-8-16/h3-6,10H,1-2,7-9H2,(H,18,24). The van der Waals surface area contributed by atoms with Gasteiger partial charge in [0.15, 0.2) is 0 Å². The predicted molar refractivity (Wildman–Crippen MR) is 81.6 cm³/mol. The first-order valence-corrected chi connectivity index (χ1v) is 7.89. The highest BCUT2D eigenvalue weighted by atomic mass is 19.1. The third kappa shape index (κ3) is 2.34. The van der Waals surface area contributed by atoms with Crippen molar-refractivity contribution < 1.29 is 14.0 Å². The van der Waals surface area contributed by atoms with Gasteiger partial charge >= 0.3 is 6.03 Å². The van der Waals surface area contributed by atoms with Gasteiger partial charge < -0.3 is 5.32 Å².